The fourth-order valence-electron chi connectivity index (χ4n) is 5.11. The number of amides is 1. The molecular formula is C23H34N4O. The van der Waals surface area contributed by atoms with Crippen LogP contribution >= 0.6 is 0 Å². The van der Waals surface area contributed by atoms with Crippen LogP contribution in [0, 0.1) is 5.92 Å². The Kier molecular flexibility index (Phi) is 5.88. The van der Waals surface area contributed by atoms with Gasteiger partial charge in [-0.2, -0.15) is 0 Å². The van der Waals surface area contributed by atoms with Crippen LogP contribution in [-0.2, 0) is 10.2 Å². The summed E-state index contributed by atoms with van der Waals surface area (Å²) in [5.74, 6) is 1.52. The lowest BCUT2D eigenvalue weighted by Crippen LogP contribution is -2.51. The molecule has 28 heavy (non-hydrogen) atoms. The van der Waals surface area contributed by atoms with E-state index in [1.165, 1.54) is 37.7 Å². The Labute approximate surface area is 169 Å². The predicted octanol–water partition coefficient (Wildman–Crippen LogP) is 3.06. The van der Waals surface area contributed by atoms with E-state index in [1.807, 2.05) is 7.05 Å². The zero-order valence-corrected chi connectivity index (χ0v) is 17.1. The van der Waals surface area contributed by atoms with Crippen molar-refractivity contribution in [3.63, 3.8) is 0 Å². The second-order valence-corrected chi connectivity index (χ2v) is 8.82. The van der Waals surface area contributed by atoms with Crippen LogP contribution in [0.25, 0.3) is 0 Å². The number of likely N-dealkylation sites (tertiary alicyclic amines) is 1. The molecule has 5 heteroatoms. The van der Waals surface area contributed by atoms with Crippen LogP contribution in [0.1, 0.15) is 56.9 Å². The van der Waals surface area contributed by atoms with E-state index in [2.05, 4.69) is 50.9 Å². The molecule has 1 aliphatic heterocycles. The molecule has 5 nitrogen and oxygen atoms in total. The van der Waals surface area contributed by atoms with E-state index in [1.54, 1.807) is 0 Å². The molecule has 0 spiro atoms. The number of aliphatic imine (C=N–C) groups is 1. The molecule has 1 saturated heterocycles. The molecule has 1 heterocycles. The lowest BCUT2D eigenvalue weighted by atomic mass is 9.64. The number of rotatable bonds is 5. The van der Waals surface area contributed by atoms with Crippen molar-refractivity contribution in [3.8, 4) is 0 Å². The Morgan fingerprint density at radius 2 is 1.89 bits per heavy atom. The molecule has 1 amide bonds. The van der Waals surface area contributed by atoms with E-state index in [-0.39, 0.29) is 11.3 Å². The van der Waals surface area contributed by atoms with E-state index in [9.17, 15) is 4.79 Å². The molecule has 0 aromatic heterocycles. The molecule has 1 aromatic rings. The van der Waals surface area contributed by atoms with E-state index >= 15 is 0 Å². The molecule has 152 valence electrons. The van der Waals surface area contributed by atoms with Crippen molar-refractivity contribution in [1.29, 1.82) is 0 Å². The molecule has 0 radical (unpaired) electrons. The highest BCUT2D eigenvalue weighted by Gasteiger charge is 2.39. The molecule has 2 aliphatic carbocycles. The first kappa shape index (κ1) is 19.3. The van der Waals surface area contributed by atoms with Crippen LogP contribution in [0.15, 0.2) is 35.3 Å². The Morgan fingerprint density at radius 3 is 2.54 bits per heavy atom. The van der Waals surface area contributed by atoms with Gasteiger partial charge in [-0.3, -0.25) is 9.79 Å². The SMILES string of the molecule is CN=C(NCC1(c2ccccc2)CCC1)NC1CCN(C(=O)C2CCCC2)C1. The van der Waals surface area contributed by atoms with Gasteiger partial charge in [0.05, 0.1) is 0 Å². The zero-order valence-electron chi connectivity index (χ0n) is 17.1. The van der Waals surface area contributed by atoms with Crippen molar-refractivity contribution < 1.29 is 4.79 Å². The quantitative estimate of drug-likeness (QED) is 0.608. The first-order chi connectivity index (χ1) is 13.7. The number of nitrogens with zero attached hydrogens (tertiary/aromatic N) is 2. The van der Waals surface area contributed by atoms with Gasteiger partial charge in [-0.15, -0.1) is 0 Å². The maximum atomic E-state index is 12.7. The largest absolute Gasteiger partial charge is 0.356 e. The van der Waals surface area contributed by atoms with Crippen LogP contribution in [0.5, 0.6) is 0 Å². The van der Waals surface area contributed by atoms with E-state index < -0.39 is 0 Å². The van der Waals surface area contributed by atoms with Gasteiger partial charge in [0.15, 0.2) is 5.96 Å². The summed E-state index contributed by atoms with van der Waals surface area (Å²) in [5, 5.41) is 7.13. The van der Waals surface area contributed by atoms with Crippen molar-refractivity contribution in [3.05, 3.63) is 35.9 Å². The van der Waals surface area contributed by atoms with Gasteiger partial charge in [0.25, 0.3) is 0 Å². The Bertz CT molecular complexity index is 692. The minimum atomic E-state index is 0.235. The molecule has 1 unspecified atom stereocenters. The van der Waals surface area contributed by atoms with E-state index in [4.69, 9.17) is 0 Å². The number of nitrogens with one attached hydrogen (secondary N) is 2. The molecule has 1 aromatic carbocycles. The molecule has 0 bridgehead atoms. The highest BCUT2D eigenvalue weighted by molar-refractivity contribution is 5.81. The Morgan fingerprint density at radius 1 is 1.14 bits per heavy atom. The first-order valence-electron chi connectivity index (χ1n) is 11.0. The third-order valence-corrected chi connectivity index (χ3v) is 7.06. The minimum Gasteiger partial charge on any atom is -0.356 e. The van der Waals surface area contributed by atoms with Crippen LogP contribution < -0.4 is 10.6 Å². The van der Waals surface area contributed by atoms with Gasteiger partial charge in [-0.1, -0.05) is 49.6 Å². The van der Waals surface area contributed by atoms with Crippen molar-refractivity contribution in [2.45, 2.75) is 62.8 Å². The standard InChI is InChI=1S/C23H34N4O/c1-24-22(25-17-23(13-7-14-23)19-10-3-2-4-11-19)26-20-12-15-27(16-20)21(28)18-8-5-6-9-18/h2-4,10-11,18,20H,5-9,12-17H2,1H3,(H2,24,25,26). The number of hydrogen-bond acceptors (Lipinski definition) is 2. The summed E-state index contributed by atoms with van der Waals surface area (Å²) in [4.78, 5) is 19.2. The van der Waals surface area contributed by atoms with Crippen LogP contribution in [-0.4, -0.2) is 49.5 Å². The van der Waals surface area contributed by atoms with Gasteiger partial charge in [0.2, 0.25) is 5.91 Å². The number of hydrogen-bond donors (Lipinski definition) is 2. The first-order valence-corrected chi connectivity index (χ1v) is 11.0. The van der Waals surface area contributed by atoms with Gasteiger partial charge in [0, 0.05) is 44.1 Å². The van der Waals surface area contributed by atoms with Crippen LogP contribution in [0.3, 0.4) is 0 Å². The third kappa shape index (κ3) is 4.03. The third-order valence-electron chi connectivity index (χ3n) is 7.06. The van der Waals surface area contributed by atoms with Gasteiger partial charge < -0.3 is 15.5 Å². The Hall–Kier alpha value is -2.04. The molecule has 2 saturated carbocycles. The van der Waals surface area contributed by atoms with Crippen molar-refractivity contribution in [1.82, 2.24) is 15.5 Å². The second-order valence-electron chi connectivity index (χ2n) is 8.82. The number of carbonyl (C=O) groups is 1. The normalized spacial score (nSPS) is 24.8. The molecule has 1 atom stereocenters. The van der Waals surface area contributed by atoms with E-state index in [0.717, 1.165) is 44.9 Å². The number of benzene rings is 1. The van der Waals surface area contributed by atoms with E-state index in [0.29, 0.717) is 11.9 Å². The zero-order chi connectivity index (χ0) is 19.4. The minimum absolute atomic E-state index is 0.235. The smallest absolute Gasteiger partial charge is 0.225 e. The molecule has 3 aliphatic rings. The van der Waals surface area contributed by atoms with Gasteiger partial charge >= 0.3 is 0 Å². The topological polar surface area (TPSA) is 56.7 Å². The van der Waals surface area contributed by atoms with Crippen molar-refractivity contribution >= 4 is 11.9 Å². The maximum absolute atomic E-state index is 12.7. The number of guanidine groups is 1. The summed E-state index contributed by atoms with van der Waals surface area (Å²) in [5.41, 5.74) is 1.66. The second kappa shape index (κ2) is 8.54. The average molecular weight is 383 g/mol. The molecule has 2 N–H and O–H groups in total. The average Bonchev–Trinajstić information content (AvgIpc) is 3.39. The maximum Gasteiger partial charge on any atom is 0.225 e. The monoisotopic (exact) mass is 382 g/mol. The van der Waals surface area contributed by atoms with Crippen LogP contribution in [0.4, 0.5) is 0 Å². The van der Waals surface area contributed by atoms with Crippen molar-refractivity contribution in [2.24, 2.45) is 10.9 Å². The highest BCUT2D eigenvalue weighted by Crippen LogP contribution is 2.43. The van der Waals surface area contributed by atoms with Crippen molar-refractivity contribution in [2.75, 3.05) is 26.7 Å². The fourth-order valence-corrected chi connectivity index (χ4v) is 5.11. The van der Waals surface area contributed by atoms with Gasteiger partial charge in [-0.25, -0.2) is 0 Å². The lowest BCUT2D eigenvalue weighted by Gasteiger charge is -2.43. The molecule has 4 rings (SSSR count). The lowest BCUT2D eigenvalue weighted by molar-refractivity contribution is -0.134. The summed E-state index contributed by atoms with van der Waals surface area (Å²) in [6.45, 7) is 2.59. The predicted molar refractivity (Wildman–Crippen MR) is 113 cm³/mol. The summed E-state index contributed by atoms with van der Waals surface area (Å²) in [6.07, 6.45) is 9.35. The van der Waals surface area contributed by atoms with Gasteiger partial charge in [0.1, 0.15) is 0 Å². The summed E-state index contributed by atoms with van der Waals surface area (Å²) < 4.78 is 0. The molecular weight excluding hydrogens is 348 g/mol. The Balaban J connectivity index is 1.29. The molecule has 3 fully saturated rings. The summed E-state index contributed by atoms with van der Waals surface area (Å²) >= 11 is 0. The fraction of sp³-hybridized carbons (Fsp3) is 0.652. The highest BCUT2D eigenvalue weighted by atomic mass is 16.2. The van der Waals surface area contributed by atoms with Gasteiger partial charge in [-0.05, 0) is 37.7 Å². The number of carbonyl (C=O) groups excluding carboxylic acids is 1. The summed E-state index contributed by atoms with van der Waals surface area (Å²) in [7, 11) is 1.84. The summed E-state index contributed by atoms with van der Waals surface area (Å²) in [6, 6.07) is 11.2. The van der Waals surface area contributed by atoms with Crippen LogP contribution in [0.2, 0.25) is 0 Å².